The molecule has 1 aromatic rings. The number of halogens is 2. The number of Topliss-reactive ketones (excluding diaryl/α,β-unsaturated/α-hetero) is 1. The fourth-order valence-electron chi connectivity index (χ4n) is 2.78. The van der Waals surface area contributed by atoms with Gasteiger partial charge in [-0.15, -0.1) is 0 Å². The van der Waals surface area contributed by atoms with Crippen molar-refractivity contribution in [2.45, 2.75) is 12.8 Å². The lowest BCUT2D eigenvalue weighted by Gasteiger charge is -2.27. The predicted molar refractivity (Wildman–Crippen MR) is 88.6 cm³/mol. The zero-order valence-electron chi connectivity index (χ0n) is 12.2. The van der Waals surface area contributed by atoms with Crippen molar-refractivity contribution in [3.05, 3.63) is 39.5 Å². The molecule has 0 bridgehead atoms. The van der Waals surface area contributed by atoms with Crippen LogP contribution in [0.2, 0.25) is 10.0 Å². The third kappa shape index (κ3) is 3.46. The molecular weight excluding hydrogens is 323 g/mol. The Morgan fingerprint density at radius 2 is 1.95 bits per heavy atom. The second kappa shape index (κ2) is 7.01. The van der Waals surface area contributed by atoms with E-state index in [4.69, 9.17) is 27.9 Å². The number of benzene rings is 1. The summed E-state index contributed by atoms with van der Waals surface area (Å²) in [5.74, 6) is 0.215. The fraction of sp³-hybridized carbons (Fsp3) is 0.438. The maximum Gasteiger partial charge on any atom is 0.162 e. The second-order valence-corrected chi connectivity index (χ2v) is 6.28. The van der Waals surface area contributed by atoms with Gasteiger partial charge in [0.05, 0.1) is 28.9 Å². The molecule has 22 heavy (non-hydrogen) atoms. The number of carbonyl (C=O) groups excluding carboxylic acids is 1. The molecule has 0 radical (unpaired) electrons. The van der Waals surface area contributed by atoms with Gasteiger partial charge in [-0.3, -0.25) is 9.69 Å². The standard InChI is InChI=1S/C16H18Cl2N2O2/c17-12-2-1-3-14(16(12)18)19-13-4-5-15(21)11(13)10-20-6-8-22-9-7-20/h1-3,19H,4-10H2. The van der Waals surface area contributed by atoms with Crippen molar-refractivity contribution in [2.75, 3.05) is 38.2 Å². The van der Waals surface area contributed by atoms with E-state index in [-0.39, 0.29) is 5.78 Å². The van der Waals surface area contributed by atoms with Gasteiger partial charge < -0.3 is 10.1 Å². The van der Waals surface area contributed by atoms with E-state index in [1.165, 1.54) is 0 Å². The highest BCUT2D eigenvalue weighted by molar-refractivity contribution is 6.43. The van der Waals surface area contributed by atoms with E-state index >= 15 is 0 Å². The highest BCUT2D eigenvalue weighted by Gasteiger charge is 2.26. The zero-order chi connectivity index (χ0) is 15.5. The van der Waals surface area contributed by atoms with E-state index in [2.05, 4.69) is 10.2 Å². The number of ketones is 1. The molecule has 118 valence electrons. The fourth-order valence-corrected chi connectivity index (χ4v) is 3.12. The third-order valence-electron chi connectivity index (χ3n) is 4.03. The van der Waals surface area contributed by atoms with Crippen molar-refractivity contribution in [1.29, 1.82) is 0 Å². The van der Waals surface area contributed by atoms with Gasteiger partial charge in [-0.05, 0) is 18.6 Å². The summed E-state index contributed by atoms with van der Waals surface area (Å²) in [6, 6.07) is 5.46. The first kappa shape index (κ1) is 15.8. The summed E-state index contributed by atoms with van der Waals surface area (Å²) in [7, 11) is 0. The van der Waals surface area contributed by atoms with E-state index in [0.717, 1.165) is 49.7 Å². The van der Waals surface area contributed by atoms with Crippen molar-refractivity contribution < 1.29 is 9.53 Å². The Morgan fingerprint density at radius 1 is 1.18 bits per heavy atom. The summed E-state index contributed by atoms with van der Waals surface area (Å²) in [6.07, 6.45) is 1.28. The number of ether oxygens (including phenoxy) is 1. The number of nitrogens with zero attached hydrogens (tertiary/aromatic N) is 1. The summed E-state index contributed by atoms with van der Waals surface area (Å²) in [6.45, 7) is 3.85. The highest BCUT2D eigenvalue weighted by atomic mass is 35.5. The number of carbonyl (C=O) groups is 1. The third-order valence-corrected chi connectivity index (χ3v) is 4.84. The maximum atomic E-state index is 12.2. The molecule has 0 atom stereocenters. The van der Waals surface area contributed by atoms with Crippen molar-refractivity contribution in [3.63, 3.8) is 0 Å². The number of anilines is 1. The van der Waals surface area contributed by atoms with E-state index in [1.807, 2.05) is 12.1 Å². The Morgan fingerprint density at radius 3 is 2.73 bits per heavy atom. The first-order chi connectivity index (χ1) is 10.6. The molecule has 1 aliphatic carbocycles. The monoisotopic (exact) mass is 340 g/mol. The molecule has 1 fully saturated rings. The first-order valence-corrected chi connectivity index (χ1v) is 8.17. The second-order valence-electron chi connectivity index (χ2n) is 5.50. The van der Waals surface area contributed by atoms with E-state index in [0.29, 0.717) is 23.0 Å². The van der Waals surface area contributed by atoms with E-state index < -0.39 is 0 Å². The molecule has 1 heterocycles. The SMILES string of the molecule is O=C1CCC(Nc2cccc(Cl)c2Cl)=C1CN1CCOCC1. The molecule has 6 heteroatoms. The molecule has 0 amide bonds. The van der Waals surface area contributed by atoms with Gasteiger partial charge in [0.25, 0.3) is 0 Å². The molecule has 1 N–H and O–H groups in total. The van der Waals surface area contributed by atoms with Gasteiger partial charge >= 0.3 is 0 Å². The Kier molecular flexibility index (Phi) is 5.03. The number of hydrogen-bond donors (Lipinski definition) is 1. The lowest BCUT2D eigenvalue weighted by Crippen LogP contribution is -2.38. The zero-order valence-corrected chi connectivity index (χ0v) is 13.7. The van der Waals surface area contributed by atoms with Crippen LogP contribution in [0.15, 0.2) is 29.5 Å². The Balaban J connectivity index is 1.79. The first-order valence-electron chi connectivity index (χ1n) is 7.41. The highest BCUT2D eigenvalue weighted by Crippen LogP contribution is 2.33. The van der Waals surface area contributed by atoms with Gasteiger partial charge in [0, 0.05) is 37.3 Å². The van der Waals surface area contributed by atoms with Gasteiger partial charge in [-0.25, -0.2) is 0 Å². The minimum Gasteiger partial charge on any atom is -0.379 e. The van der Waals surface area contributed by atoms with Gasteiger partial charge in [-0.2, -0.15) is 0 Å². The Bertz CT molecular complexity index is 610. The molecule has 1 saturated heterocycles. The summed E-state index contributed by atoms with van der Waals surface area (Å²) < 4.78 is 5.35. The maximum absolute atomic E-state index is 12.2. The van der Waals surface area contributed by atoms with Crippen LogP contribution in [0.5, 0.6) is 0 Å². The van der Waals surface area contributed by atoms with Crippen molar-refractivity contribution >= 4 is 34.7 Å². The van der Waals surface area contributed by atoms with Crippen molar-refractivity contribution in [1.82, 2.24) is 4.90 Å². The van der Waals surface area contributed by atoms with Crippen LogP contribution in [0.1, 0.15) is 12.8 Å². The summed E-state index contributed by atoms with van der Waals surface area (Å²) in [5, 5.41) is 4.30. The van der Waals surface area contributed by atoms with Crippen LogP contribution in [0.4, 0.5) is 5.69 Å². The molecule has 0 unspecified atom stereocenters. The number of nitrogens with one attached hydrogen (secondary N) is 1. The largest absolute Gasteiger partial charge is 0.379 e. The van der Waals surface area contributed by atoms with Gasteiger partial charge in [-0.1, -0.05) is 29.3 Å². The lowest BCUT2D eigenvalue weighted by atomic mass is 10.2. The number of allylic oxidation sites excluding steroid dienone is 1. The Labute approximate surface area is 140 Å². The van der Waals surface area contributed by atoms with Gasteiger partial charge in [0.2, 0.25) is 0 Å². The molecule has 1 aliphatic heterocycles. The molecular formula is C16H18Cl2N2O2. The minimum absolute atomic E-state index is 0.215. The van der Waals surface area contributed by atoms with E-state index in [1.54, 1.807) is 6.07 Å². The molecule has 2 aliphatic rings. The van der Waals surface area contributed by atoms with Crippen LogP contribution in [0.3, 0.4) is 0 Å². The molecule has 3 rings (SSSR count). The summed E-state index contributed by atoms with van der Waals surface area (Å²) >= 11 is 12.3. The van der Waals surface area contributed by atoms with Crippen LogP contribution in [-0.4, -0.2) is 43.5 Å². The molecule has 1 aromatic carbocycles. The quantitative estimate of drug-likeness (QED) is 0.912. The topological polar surface area (TPSA) is 41.6 Å². The Hall–Kier alpha value is -1.07. The van der Waals surface area contributed by atoms with Crippen LogP contribution in [0, 0.1) is 0 Å². The molecule has 0 aromatic heterocycles. The average molecular weight is 341 g/mol. The van der Waals surface area contributed by atoms with Gasteiger partial charge in [0.15, 0.2) is 5.78 Å². The lowest BCUT2D eigenvalue weighted by molar-refractivity contribution is -0.115. The molecule has 0 spiro atoms. The van der Waals surface area contributed by atoms with Crippen LogP contribution in [-0.2, 0) is 9.53 Å². The van der Waals surface area contributed by atoms with Crippen LogP contribution in [0.25, 0.3) is 0 Å². The molecule has 0 saturated carbocycles. The van der Waals surface area contributed by atoms with Crippen molar-refractivity contribution in [2.24, 2.45) is 0 Å². The number of rotatable bonds is 4. The minimum atomic E-state index is 0.215. The van der Waals surface area contributed by atoms with Crippen LogP contribution < -0.4 is 5.32 Å². The van der Waals surface area contributed by atoms with Gasteiger partial charge in [0.1, 0.15) is 0 Å². The predicted octanol–water partition coefficient (Wildman–Crippen LogP) is 3.35. The summed E-state index contributed by atoms with van der Waals surface area (Å²) in [5.41, 5.74) is 2.57. The average Bonchev–Trinajstić information content (AvgIpc) is 2.86. The molecule has 4 nitrogen and oxygen atoms in total. The van der Waals surface area contributed by atoms with Crippen LogP contribution >= 0.6 is 23.2 Å². The summed E-state index contributed by atoms with van der Waals surface area (Å²) in [4.78, 5) is 14.4. The number of morpholine rings is 1. The smallest absolute Gasteiger partial charge is 0.162 e. The normalized spacial score (nSPS) is 19.8. The van der Waals surface area contributed by atoms with E-state index in [9.17, 15) is 4.79 Å². The number of hydrogen-bond acceptors (Lipinski definition) is 4. The van der Waals surface area contributed by atoms with Crippen molar-refractivity contribution in [3.8, 4) is 0 Å².